The van der Waals surface area contributed by atoms with Gasteiger partial charge in [0.1, 0.15) is 5.82 Å². The summed E-state index contributed by atoms with van der Waals surface area (Å²) in [7, 11) is 1.52. The van der Waals surface area contributed by atoms with E-state index in [1.165, 1.54) is 12.8 Å². The minimum absolute atomic E-state index is 0.206. The van der Waals surface area contributed by atoms with Crippen molar-refractivity contribution in [1.29, 1.82) is 0 Å². The van der Waals surface area contributed by atoms with Gasteiger partial charge in [-0.1, -0.05) is 0 Å². The number of aryl methyl sites for hydroxylation is 1. The van der Waals surface area contributed by atoms with E-state index in [-0.39, 0.29) is 17.7 Å². The summed E-state index contributed by atoms with van der Waals surface area (Å²) in [5.74, 6) is 0.470. The number of hydrogen-bond donors (Lipinski definition) is 2. The second kappa shape index (κ2) is 9.11. The van der Waals surface area contributed by atoms with Gasteiger partial charge < -0.3 is 24.7 Å². The van der Waals surface area contributed by atoms with Gasteiger partial charge in [-0.25, -0.2) is 15.0 Å². The molecule has 4 aromatic rings. The molecule has 4 heterocycles. The number of fused-ring (bicyclic) bond motifs is 1. The smallest absolute Gasteiger partial charge is 0.316 e. The van der Waals surface area contributed by atoms with Crippen LogP contribution in [0.2, 0.25) is 0 Å². The molecule has 0 unspecified atom stereocenters. The number of aromatic amines is 1. The van der Waals surface area contributed by atoms with Crippen molar-refractivity contribution < 1.29 is 9.47 Å². The zero-order chi connectivity index (χ0) is 23.7. The number of nitrogens with zero attached hydrogens (tertiary/aromatic N) is 4. The fourth-order valence-electron chi connectivity index (χ4n) is 4.27. The molecule has 0 saturated carbocycles. The van der Waals surface area contributed by atoms with E-state index < -0.39 is 0 Å². The van der Waals surface area contributed by atoms with Crippen molar-refractivity contribution in [3.05, 3.63) is 64.8 Å². The van der Waals surface area contributed by atoms with Gasteiger partial charge in [0.2, 0.25) is 0 Å². The lowest BCUT2D eigenvalue weighted by Crippen LogP contribution is -2.41. The number of aromatic nitrogens is 4. The van der Waals surface area contributed by atoms with Gasteiger partial charge in [-0.05, 0) is 55.1 Å². The number of nitrogens with one attached hydrogen (secondary N) is 2. The van der Waals surface area contributed by atoms with Gasteiger partial charge >= 0.3 is 6.01 Å². The van der Waals surface area contributed by atoms with E-state index >= 15 is 0 Å². The summed E-state index contributed by atoms with van der Waals surface area (Å²) >= 11 is 0. The lowest BCUT2D eigenvalue weighted by atomic mass is 10.1. The van der Waals surface area contributed by atoms with Crippen LogP contribution in [0.5, 0.6) is 6.01 Å². The molecule has 5 rings (SSSR count). The van der Waals surface area contributed by atoms with Crippen molar-refractivity contribution in [3.63, 3.8) is 0 Å². The van der Waals surface area contributed by atoms with Crippen LogP contribution in [0, 0.1) is 6.92 Å². The highest BCUT2D eigenvalue weighted by molar-refractivity contribution is 5.95. The highest BCUT2D eigenvalue weighted by atomic mass is 16.5. The minimum atomic E-state index is -0.208. The van der Waals surface area contributed by atoms with Crippen LogP contribution in [0.15, 0.2) is 53.7 Å². The number of pyridine rings is 2. The first-order chi connectivity index (χ1) is 16.5. The van der Waals surface area contributed by atoms with Crippen molar-refractivity contribution in [3.8, 4) is 17.3 Å². The molecule has 1 aliphatic rings. The number of ether oxygens (including phenoxy) is 2. The van der Waals surface area contributed by atoms with Gasteiger partial charge in [0.15, 0.2) is 0 Å². The van der Waals surface area contributed by atoms with Crippen LogP contribution in [-0.2, 0) is 4.74 Å². The molecular weight excluding hydrogens is 432 g/mol. The van der Waals surface area contributed by atoms with Crippen LogP contribution in [0.4, 0.5) is 17.2 Å². The highest BCUT2D eigenvalue weighted by Crippen LogP contribution is 2.30. The van der Waals surface area contributed by atoms with Crippen LogP contribution in [0.1, 0.15) is 12.5 Å². The summed E-state index contributed by atoms with van der Waals surface area (Å²) in [6, 6.07) is 10.2. The molecule has 1 aromatic carbocycles. The Morgan fingerprint density at radius 2 is 2.03 bits per heavy atom. The van der Waals surface area contributed by atoms with Crippen molar-refractivity contribution in [2.75, 3.05) is 37.0 Å². The fraction of sp³-hybridized carbons (Fsp3) is 0.280. The zero-order valence-electron chi connectivity index (χ0n) is 19.3. The molecule has 2 N–H and O–H groups in total. The van der Waals surface area contributed by atoms with Gasteiger partial charge in [0.05, 0.1) is 30.9 Å². The summed E-state index contributed by atoms with van der Waals surface area (Å²) < 4.78 is 10.7. The Hall–Kier alpha value is -3.98. The Morgan fingerprint density at radius 1 is 1.21 bits per heavy atom. The van der Waals surface area contributed by atoms with E-state index in [2.05, 4.69) is 51.1 Å². The quantitative estimate of drug-likeness (QED) is 0.467. The Kier molecular flexibility index (Phi) is 5.85. The summed E-state index contributed by atoms with van der Waals surface area (Å²) in [5, 5.41) is 4.62. The van der Waals surface area contributed by atoms with E-state index in [1.54, 1.807) is 18.6 Å². The van der Waals surface area contributed by atoms with Gasteiger partial charge in [-0.3, -0.25) is 4.79 Å². The molecule has 174 valence electrons. The second-order valence-electron chi connectivity index (χ2n) is 8.34. The predicted molar refractivity (Wildman–Crippen MR) is 132 cm³/mol. The second-order valence-corrected chi connectivity index (χ2v) is 8.34. The molecule has 1 aliphatic heterocycles. The van der Waals surface area contributed by atoms with E-state index in [4.69, 9.17) is 14.5 Å². The molecule has 0 spiro atoms. The first kappa shape index (κ1) is 21.8. The highest BCUT2D eigenvalue weighted by Gasteiger charge is 2.19. The number of rotatable bonds is 5. The maximum atomic E-state index is 12.7. The average molecular weight is 459 g/mol. The minimum Gasteiger partial charge on any atom is -0.467 e. The Labute approximate surface area is 196 Å². The number of morpholine rings is 1. The Bertz CT molecular complexity index is 1390. The summed E-state index contributed by atoms with van der Waals surface area (Å²) in [6.07, 6.45) is 5.14. The number of hydrogen-bond acceptors (Lipinski definition) is 8. The van der Waals surface area contributed by atoms with Gasteiger partial charge in [0.25, 0.3) is 5.56 Å². The van der Waals surface area contributed by atoms with Crippen molar-refractivity contribution in [2.24, 2.45) is 0 Å². The van der Waals surface area contributed by atoms with E-state index in [0.29, 0.717) is 16.9 Å². The lowest BCUT2D eigenvalue weighted by Gasteiger charge is -2.34. The number of anilines is 3. The molecule has 0 aliphatic carbocycles. The molecule has 0 bridgehead atoms. The third-order valence-electron chi connectivity index (χ3n) is 5.90. The monoisotopic (exact) mass is 458 g/mol. The van der Waals surface area contributed by atoms with Crippen LogP contribution in [-0.4, -0.2) is 52.8 Å². The van der Waals surface area contributed by atoms with Crippen molar-refractivity contribution in [2.45, 2.75) is 20.0 Å². The van der Waals surface area contributed by atoms with Crippen LogP contribution in [0.25, 0.3) is 22.0 Å². The first-order valence-electron chi connectivity index (χ1n) is 11.1. The molecular formula is C25H26N6O3. The molecule has 1 atom stereocenters. The third-order valence-corrected chi connectivity index (χ3v) is 5.90. The predicted octanol–water partition coefficient (Wildman–Crippen LogP) is 3.67. The molecule has 3 aromatic heterocycles. The van der Waals surface area contributed by atoms with Crippen LogP contribution < -0.4 is 20.5 Å². The first-order valence-corrected chi connectivity index (χ1v) is 11.1. The van der Waals surface area contributed by atoms with E-state index in [1.807, 2.05) is 18.2 Å². The van der Waals surface area contributed by atoms with Gasteiger partial charge in [0, 0.05) is 48.6 Å². The lowest BCUT2D eigenvalue weighted by molar-refractivity contribution is 0.0532. The number of benzene rings is 1. The number of H-pyrrole nitrogens is 1. The van der Waals surface area contributed by atoms with Crippen LogP contribution in [0.3, 0.4) is 0 Å². The summed E-state index contributed by atoms with van der Waals surface area (Å²) in [6.45, 7) is 6.63. The van der Waals surface area contributed by atoms with Gasteiger partial charge in [-0.15, -0.1) is 0 Å². The normalized spacial score (nSPS) is 16.0. The topological polar surface area (TPSA) is 105 Å². The zero-order valence-corrected chi connectivity index (χ0v) is 19.3. The maximum absolute atomic E-state index is 12.7. The Morgan fingerprint density at radius 3 is 2.76 bits per heavy atom. The molecule has 0 radical (unpaired) electrons. The van der Waals surface area contributed by atoms with Crippen molar-refractivity contribution in [1.82, 2.24) is 19.9 Å². The molecule has 1 saturated heterocycles. The average Bonchev–Trinajstić information content (AvgIpc) is 2.84. The van der Waals surface area contributed by atoms with Crippen molar-refractivity contribution >= 4 is 28.0 Å². The molecule has 9 nitrogen and oxygen atoms in total. The molecule has 1 fully saturated rings. The number of methoxy groups -OCH3 is 1. The van der Waals surface area contributed by atoms with Gasteiger partial charge in [-0.2, -0.15) is 0 Å². The third kappa shape index (κ3) is 4.29. The fourth-order valence-corrected chi connectivity index (χ4v) is 4.27. The van der Waals surface area contributed by atoms with Crippen LogP contribution >= 0.6 is 0 Å². The molecule has 34 heavy (non-hydrogen) atoms. The SMILES string of the molecule is COc1ncc(-c2cc3cc[nH]c(=O)c3c(Nc3ccc(N4CCO[C@H](C)C4)c(C)c3)n2)cn1. The summed E-state index contributed by atoms with van der Waals surface area (Å²) in [4.78, 5) is 30.9. The standard InChI is InChI=1S/C25H26N6O3/c1-15-10-19(4-5-21(15)31-8-9-34-16(2)14-31)29-23-22-17(6-7-26-24(22)32)11-20(30-23)18-12-27-25(33-3)28-13-18/h4-7,10-13,16H,8-9,14H2,1-3H3,(H,26,32)(H,29,30)/t16-/m1/s1. The van der Waals surface area contributed by atoms with E-state index in [9.17, 15) is 4.79 Å². The van der Waals surface area contributed by atoms with E-state index in [0.717, 1.165) is 41.9 Å². The molecule has 9 heteroatoms. The molecule has 0 amide bonds. The Balaban J connectivity index is 1.52. The maximum Gasteiger partial charge on any atom is 0.316 e. The summed E-state index contributed by atoms with van der Waals surface area (Å²) in [5.41, 5.74) is 4.33. The largest absolute Gasteiger partial charge is 0.467 e.